The molecule has 120 valence electrons. The van der Waals surface area contributed by atoms with E-state index in [4.69, 9.17) is 14.9 Å². The predicted octanol–water partition coefficient (Wildman–Crippen LogP) is 2.23. The Balaban J connectivity index is 0.00000176. The van der Waals surface area contributed by atoms with Crippen molar-refractivity contribution in [3.8, 4) is 11.5 Å². The Morgan fingerprint density at radius 2 is 2.09 bits per heavy atom. The highest BCUT2D eigenvalue weighted by molar-refractivity contribution is 5.85. The Kier molecular flexibility index (Phi) is 5.97. The fourth-order valence-electron chi connectivity index (χ4n) is 2.50. The number of aryl methyl sites for hydroxylation is 1. The van der Waals surface area contributed by atoms with Crippen molar-refractivity contribution in [1.29, 1.82) is 0 Å². The minimum absolute atomic E-state index is 0. The van der Waals surface area contributed by atoms with Gasteiger partial charge in [0.05, 0.1) is 18.4 Å². The van der Waals surface area contributed by atoms with Crippen LogP contribution in [0, 0.1) is 6.92 Å². The Hall–Kier alpha value is -1.40. The lowest BCUT2D eigenvalue weighted by Crippen LogP contribution is -2.45. The highest BCUT2D eigenvalue weighted by atomic mass is 35.5. The number of halogens is 1. The lowest BCUT2D eigenvalue weighted by Gasteiger charge is -2.31. The van der Waals surface area contributed by atoms with Gasteiger partial charge in [-0.2, -0.15) is 0 Å². The van der Waals surface area contributed by atoms with Crippen molar-refractivity contribution in [3.63, 3.8) is 0 Å². The molecule has 2 heterocycles. The van der Waals surface area contributed by atoms with Crippen LogP contribution in [0.4, 0.5) is 0 Å². The number of hydrogen-bond donors (Lipinski definition) is 1. The van der Waals surface area contributed by atoms with Crippen LogP contribution < -0.4 is 5.73 Å². The van der Waals surface area contributed by atoms with Crippen LogP contribution in [-0.2, 0) is 11.3 Å². The third kappa shape index (κ3) is 4.08. The third-order valence-corrected chi connectivity index (χ3v) is 3.72. The highest BCUT2D eigenvalue weighted by Gasteiger charge is 2.20. The molecule has 0 radical (unpaired) electrons. The second-order valence-corrected chi connectivity index (χ2v) is 5.47. The highest BCUT2D eigenvalue weighted by Crippen LogP contribution is 2.20. The third-order valence-electron chi connectivity index (χ3n) is 3.72. The van der Waals surface area contributed by atoms with Gasteiger partial charge in [-0.3, -0.25) is 4.90 Å². The summed E-state index contributed by atoms with van der Waals surface area (Å²) in [5.41, 5.74) is 8.85. The number of morpholine rings is 1. The summed E-state index contributed by atoms with van der Waals surface area (Å²) in [7, 11) is 0. The molecule has 1 aliphatic heterocycles. The Bertz CT molecular complexity index is 585. The molecule has 1 aromatic carbocycles. The van der Waals surface area contributed by atoms with Crippen molar-refractivity contribution < 1.29 is 9.15 Å². The predicted molar refractivity (Wildman–Crippen MR) is 88.0 cm³/mol. The summed E-state index contributed by atoms with van der Waals surface area (Å²) in [4.78, 5) is 6.88. The number of rotatable bonds is 4. The standard InChI is InChI=1S/C16H21N3O2.ClH/c1-12-2-4-13(5-3-12)16-18-14(11-21-16)9-19-6-7-20-15(8-17)10-19;/h2-5,11,15H,6-10,17H2,1H3;1H. The first-order valence-electron chi connectivity index (χ1n) is 7.30. The normalized spacial score (nSPS) is 18.9. The molecular weight excluding hydrogens is 302 g/mol. The van der Waals surface area contributed by atoms with E-state index in [2.05, 4.69) is 28.9 Å². The van der Waals surface area contributed by atoms with Gasteiger partial charge in [-0.25, -0.2) is 4.98 Å². The SMILES string of the molecule is Cc1ccc(-c2nc(CN3CCOC(CN)C3)co2)cc1.Cl. The van der Waals surface area contributed by atoms with Crippen LogP contribution >= 0.6 is 12.4 Å². The van der Waals surface area contributed by atoms with Gasteiger partial charge in [0, 0.05) is 31.7 Å². The van der Waals surface area contributed by atoms with Gasteiger partial charge < -0.3 is 14.9 Å². The summed E-state index contributed by atoms with van der Waals surface area (Å²) in [5, 5.41) is 0. The fraction of sp³-hybridized carbons (Fsp3) is 0.438. The minimum atomic E-state index is 0. The second-order valence-electron chi connectivity index (χ2n) is 5.47. The zero-order valence-electron chi connectivity index (χ0n) is 12.7. The van der Waals surface area contributed by atoms with E-state index in [1.54, 1.807) is 6.26 Å². The molecule has 2 N–H and O–H groups in total. The quantitative estimate of drug-likeness (QED) is 0.934. The van der Waals surface area contributed by atoms with E-state index in [0.717, 1.165) is 37.5 Å². The lowest BCUT2D eigenvalue weighted by molar-refractivity contribution is -0.0264. The molecule has 1 atom stereocenters. The van der Waals surface area contributed by atoms with E-state index in [0.29, 0.717) is 12.4 Å². The van der Waals surface area contributed by atoms with Gasteiger partial charge in [0.1, 0.15) is 6.26 Å². The molecule has 1 aliphatic rings. The van der Waals surface area contributed by atoms with Crippen molar-refractivity contribution in [3.05, 3.63) is 41.8 Å². The Labute approximate surface area is 136 Å². The number of aromatic nitrogens is 1. The maximum absolute atomic E-state index is 5.67. The topological polar surface area (TPSA) is 64.5 Å². The van der Waals surface area contributed by atoms with E-state index in [9.17, 15) is 0 Å². The van der Waals surface area contributed by atoms with Crippen LogP contribution in [0.3, 0.4) is 0 Å². The summed E-state index contributed by atoms with van der Waals surface area (Å²) in [6, 6.07) is 8.19. The van der Waals surface area contributed by atoms with Crippen molar-refractivity contribution in [2.24, 2.45) is 5.73 Å². The first-order chi connectivity index (χ1) is 10.2. The van der Waals surface area contributed by atoms with E-state index in [-0.39, 0.29) is 18.5 Å². The molecule has 1 saturated heterocycles. The van der Waals surface area contributed by atoms with E-state index >= 15 is 0 Å². The average Bonchev–Trinajstić information content (AvgIpc) is 2.96. The maximum atomic E-state index is 5.67. The van der Waals surface area contributed by atoms with Crippen molar-refractivity contribution in [2.45, 2.75) is 19.6 Å². The van der Waals surface area contributed by atoms with Crippen LogP contribution in [0.15, 0.2) is 34.9 Å². The molecule has 1 aromatic heterocycles. The second kappa shape index (κ2) is 7.74. The Morgan fingerprint density at radius 1 is 1.32 bits per heavy atom. The van der Waals surface area contributed by atoms with Gasteiger partial charge >= 0.3 is 0 Å². The zero-order valence-corrected chi connectivity index (χ0v) is 13.5. The van der Waals surface area contributed by atoms with Crippen LogP contribution in [0.2, 0.25) is 0 Å². The number of nitrogens with two attached hydrogens (primary N) is 1. The summed E-state index contributed by atoms with van der Waals surface area (Å²) < 4.78 is 11.2. The average molecular weight is 324 g/mol. The molecule has 0 spiro atoms. The molecule has 6 heteroatoms. The lowest BCUT2D eigenvalue weighted by atomic mass is 10.1. The van der Waals surface area contributed by atoms with Crippen LogP contribution in [-0.4, -0.2) is 42.2 Å². The first-order valence-corrected chi connectivity index (χ1v) is 7.30. The van der Waals surface area contributed by atoms with Gasteiger partial charge in [-0.05, 0) is 19.1 Å². The smallest absolute Gasteiger partial charge is 0.226 e. The maximum Gasteiger partial charge on any atom is 0.226 e. The zero-order chi connectivity index (χ0) is 14.7. The van der Waals surface area contributed by atoms with Crippen LogP contribution in [0.25, 0.3) is 11.5 Å². The molecule has 2 aromatic rings. The van der Waals surface area contributed by atoms with Gasteiger partial charge in [-0.15, -0.1) is 12.4 Å². The van der Waals surface area contributed by atoms with Crippen molar-refractivity contribution in [2.75, 3.05) is 26.2 Å². The first kappa shape index (κ1) is 17.0. The van der Waals surface area contributed by atoms with Gasteiger partial charge in [-0.1, -0.05) is 17.7 Å². The minimum Gasteiger partial charge on any atom is -0.444 e. The monoisotopic (exact) mass is 323 g/mol. The molecule has 1 fully saturated rings. The summed E-state index contributed by atoms with van der Waals surface area (Å²) in [6.07, 6.45) is 1.87. The van der Waals surface area contributed by atoms with Gasteiger partial charge in [0.2, 0.25) is 5.89 Å². The number of nitrogens with zero attached hydrogens (tertiary/aromatic N) is 2. The van der Waals surface area contributed by atoms with Gasteiger partial charge in [0.15, 0.2) is 0 Å². The van der Waals surface area contributed by atoms with Crippen LogP contribution in [0.1, 0.15) is 11.3 Å². The largest absolute Gasteiger partial charge is 0.444 e. The van der Waals surface area contributed by atoms with Crippen LogP contribution in [0.5, 0.6) is 0 Å². The number of hydrogen-bond acceptors (Lipinski definition) is 5. The molecule has 3 rings (SSSR count). The number of benzene rings is 1. The molecule has 0 saturated carbocycles. The summed E-state index contributed by atoms with van der Waals surface area (Å²) >= 11 is 0. The summed E-state index contributed by atoms with van der Waals surface area (Å²) in [5.74, 6) is 0.675. The summed E-state index contributed by atoms with van der Waals surface area (Å²) in [6.45, 7) is 5.88. The molecule has 0 amide bonds. The van der Waals surface area contributed by atoms with Gasteiger partial charge in [0.25, 0.3) is 0 Å². The molecular formula is C16H22ClN3O2. The number of oxazole rings is 1. The number of ether oxygens (including phenoxy) is 1. The molecule has 0 bridgehead atoms. The molecule has 0 aliphatic carbocycles. The van der Waals surface area contributed by atoms with Crippen molar-refractivity contribution >= 4 is 12.4 Å². The van der Waals surface area contributed by atoms with E-state index < -0.39 is 0 Å². The Morgan fingerprint density at radius 3 is 2.82 bits per heavy atom. The van der Waals surface area contributed by atoms with E-state index in [1.807, 2.05) is 12.1 Å². The fourth-order valence-corrected chi connectivity index (χ4v) is 2.50. The van der Waals surface area contributed by atoms with Crippen molar-refractivity contribution in [1.82, 2.24) is 9.88 Å². The van der Waals surface area contributed by atoms with E-state index in [1.165, 1.54) is 5.56 Å². The molecule has 22 heavy (non-hydrogen) atoms. The molecule has 5 nitrogen and oxygen atoms in total. The molecule has 1 unspecified atom stereocenters.